The summed E-state index contributed by atoms with van der Waals surface area (Å²) in [4.78, 5) is 0. The fourth-order valence-electron chi connectivity index (χ4n) is 2.13. The van der Waals surface area contributed by atoms with E-state index in [4.69, 9.17) is 9.47 Å². The molecule has 0 spiro atoms. The molecule has 1 aromatic carbocycles. The maximum atomic E-state index is 13.3. The van der Waals surface area contributed by atoms with Gasteiger partial charge < -0.3 is 14.6 Å². The molecule has 0 amide bonds. The van der Waals surface area contributed by atoms with Crippen molar-refractivity contribution in [2.75, 3.05) is 6.61 Å². The van der Waals surface area contributed by atoms with E-state index in [-0.39, 0.29) is 12.0 Å². The minimum atomic E-state index is -0.639. The molecule has 2 rings (SSSR count). The summed E-state index contributed by atoms with van der Waals surface area (Å²) < 4.78 is 24.7. The van der Waals surface area contributed by atoms with Crippen molar-refractivity contribution in [3.8, 4) is 5.75 Å². The average molecular weight is 240 g/mol. The second-order valence-electron chi connectivity index (χ2n) is 4.31. The predicted octanol–water partition coefficient (Wildman–Crippen LogP) is 2.92. The third-order valence-electron chi connectivity index (χ3n) is 3.17. The largest absolute Gasteiger partial charge is 0.508 e. The molecule has 0 aliphatic carbocycles. The van der Waals surface area contributed by atoms with E-state index in [0.717, 1.165) is 12.5 Å². The quantitative estimate of drug-likeness (QED) is 0.882. The van der Waals surface area contributed by atoms with Gasteiger partial charge in [-0.1, -0.05) is 13.8 Å². The summed E-state index contributed by atoms with van der Waals surface area (Å²) in [7, 11) is 0. The molecule has 1 saturated heterocycles. The van der Waals surface area contributed by atoms with E-state index in [1.807, 2.05) is 13.8 Å². The van der Waals surface area contributed by atoms with Gasteiger partial charge in [0.2, 0.25) is 0 Å². The van der Waals surface area contributed by atoms with Gasteiger partial charge >= 0.3 is 0 Å². The van der Waals surface area contributed by atoms with Crippen LogP contribution in [0.15, 0.2) is 18.2 Å². The van der Waals surface area contributed by atoms with Crippen LogP contribution < -0.4 is 0 Å². The molecule has 0 saturated carbocycles. The van der Waals surface area contributed by atoms with Crippen LogP contribution in [0.5, 0.6) is 5.75 Å². The standard InChI is InChI=1S/C13H17FO3/c1-3-12-16-8-13(4-2,17-12)9-5-10(14)7-11(15)6-9/h5-7,12,15H,3-4,8H2,1-2H3. The van der Waals surface area contributed by atoms with Crippen LogP contribution in [0.1, 0.15) is 32.3 Å². The Hall–Kier alpha value is -1.13. The number of phenols is 1. The zero-order valence-electron chi connectivity index (χ0n) is 10.1. The normalized spacial score (nSPS) is 28.5. The van der Waals surface area contributed by atoms with Gasteiger partial charge in [-0.3, -0.25) is 0 Å². The Kier molecular flexibility index (Phi) is 3.35. The molecule has 94 valence electrons. The predicted molar refractivity (Wildman–Crippen MR) is 61.1 cm³/mol. The van der Waals surface area contributed by atoms with Crippen LogP contribution in [0.25, 0.3) is 0 Å². The lowest BCUT2D eigenvalue weighted by molar-refractivity contribution is -0.0943. The van der Waals surface area contributed by atoms with Gasteiger partial charge in [-0.15, -0.1) is 0 Å². The molecule has 1 aliphatic rings. The molecule has 4 heteroatoms. The summed E-state index contributed by atoms with van der Waals surface area (Å²) in [6, 6.07) is 4.01. The lowest BCUT2D eigenvalue weighted by atomic mass is 9.91. The number of ether oxygens (including phenoxy) is 2. The second-order valence-corrected chi connectivity index (χ2v) is 4.31. The molecule has 2 atom stereocenters. The second kappa shape index (κ2) is 4.63. The summed E-state index contributed by atoms with van der Waals surface area (Å²) in [5.41, 5.74) is -0.00581. The highest BCUT2D eigenvalue weighted by molar-refractivity contribution is 5.33. The number of benzene rings is 1. The highest BCUT2D eigenvalue weighted by atomic mass is 19.1. The van der Waals surface area contributed by atoms with Crippen molar-refractivity contribution in [1.29, 1.82) is 0 Å². The summed E-state index contributed by atoms with van der Waals surface area (Å²) in [5, 5.41) is 9.45. The molecule has 1 aliphatic heterocycles. The summed E-state index contributed by atoms with van der Waals surface area (Å²) in [6.07, 6.45) is 1.18. The van der Waals surface area contributed by atoms with Gasteiger partial charge in [0.15, 0.2) is 6.29 Å². The Morgan fingerprint density at radius 1 is 1.41 bits per heavy atom. The molecule has 1 fully saturated rings. The Balaban J connectivity index is 2.35. The highest BCUT2D eigenvalue weighted by Crippen LogP contribution is 2.38. The summed E-state index contributed by atoms with van der Waals surface area (Å²) in [6.45, 7) is 4.33. The summed E-state index contributed by atoms with van der Waals surface area (Å²) in [5.74, 6) is -0.548. The number of hydrogen-bond acceptors (Lipinski definition) is 3. The van der Waals surface area contributed by atoms with Gasteiger partial charge in [-0.05, 0) is 30.5 Å². The third-order valence-corrected chi connectivity index (χ3v) is 3.17. The first kappa shape index (κ1) is 12.3. The number of hydrogen-bond donors (Lipinski definition) is 1. The van der Waals surface area contributed by atoms with Crippen LogP contribution in [0.3, 0.4) is 0 Å². The van der Waals surface area contributed by atoms with Crippen molar-refractivity contribution >= 4 is 0 Å². The number of halogens is 1. The molecule has 2 unspecified atom stereocenters. The van der Waals surface area contributed by atoms with Gasteiger partial charge in [-0.25, -0.2) is 4.39 Å². The van der Waals surface area contributed by atoms with E-state index in [0.29, 0.717) is 18.6 Å². The first-order valence-electron chi connectivity index (χ1n) is 5.89. The van der Waals surface area contributed by atoms with Crippen LogP contribution in [-0.4, -0.2) is 18.0 Å². The fraction of sp³-hybridized carbons (Fsp3) is 0.538. The Morgan fingerprint density at radius 2 is 2.18 bits per heavy atom. The van der Waals surface area contributed by atoms with Crippen molar-refractivity contribution in [2.24, 2.45) is 0 Å². The van der Waals surface area contributed by atoms with Gasteiger partial charge in [0.1, 0.15) is 17.2 Å². The first-order valence-corrected chi connectivity index (χ1v) is 5.89. The zero-order chi connectivity index (χ0) is 12.5. The summed E-state index contributed by atoms with van der Waals surface area (Å²) >= 11 is 0. The van der Waals surface area contributed by atoms with Crippen molar-refractivity contribution < 1.29 is 19.0 Å². The molecule has 0 bridgehead atoms. The van der Waals surface area contributed by atoms with E-state index in [1.54, 1.807) is 0 Å². The third kappa shape index (κ3) is 2.28. The fourth-order valence-corrected chi connectivity index (χ4v) is 2.13. The Labute approximate surface area is 100 Å². The maximum Gasteiger partial charge on any atom is 0.158 e. The molecule has 0 aromatic heterocycles. The topological polar surface area (TPSA) is 38.7 Å². The Morgan fingerprint density at radius 3 is 2.71 bits per heavy atom. The molecular weight excluding hydrogens is 223 g/mol. The van der Waals surface area contributed by atoms with Gasteiger partial charge in [0.05, 0.1) is 6.61 Å². The molecule has 1 N–H and O–H groups in total. The molecular formula is C13H17FO3. The van der Waals surface area contributed by atoms with Crippen LogP contribution in [0.2, 0.25) is 0 Å². The van der Waals surface area contributed by atoms with Crippen LogP contribution in [0, 0.1) is 5.82 Å². The number of phenolic OH excluding ortho intramolecular Hbond substituents is 1. The molecule has 1 aromatic rings. The minimum absolute atomic E-state index is 0.0867. The lowest BCUT2D eigenvalue weighted by Crippen LogP contribution is -2.28. The van der Waals surface area contributed by atoms with E-state index >= 15 is 0 Å². The average Bonchev–Trinajstić information content (AvgIpc) is 2.72. The van der Waals surface area contributed by atoms with Gasteiger partial charge in [-0.2, -0.15) is 0 Å². The van der Waals surface area contributed by atoms with Gasteiger partial charge in [0.25, 0.3) is 0 Å². The van der Waals surface area contributed by atoms with Crippen molar-refractivity contribution in [2.45, 2.75) is 38.6 Å². The molecule has 17 heavy (non-hydrogen) atoms. The SMILES string of the molecule is CCC1OCC(CC)(c2cc(O)cc(F)c2)O1. The Bertz CT molecular complexity index is 387. The number of rotatable bonds is 3. The van der Waals surface area contributed by atoms with Crippen LogP contribution in [-0.2, 0) is 15.1 Å². The highest BCUT2D eigenvalue weighted by Gasteiger charge is 2.41. The van der Waals surface area contributed by atoms with E-state index < -0.39 is 11.4 Å². The lowest BCUT2D eigenvalue weighted by Gasteiger charge is -2.26. The zero-order valence-corrected chi connectivity index (χ0v) is 10.1. The van der Waals surface area contributed by atoms with E-state index in [1.165, 1.54) is 12.1 Å². The van der Waals surface area contributed by atoms with Crippen molar-refractivity contribution in [3.63, 3.8) is 0 Å². The van der Waals surface area contributed by atoms with E-state index in [9.17, 15) is 9.50 Å². The van der Waals surface area contributed by atoms with E-state index in [2.05, 4.69) is 0 Å². The van der Waals surface area contributed by atoms with Crippen molar-refractivity contribution in [3.05, 3.63) is 29.6 Å². The number of aromatic hydroxyl groups is 1. The smallest absolute Gasteiger partial charge is 0.158 e. The molecule has 3 nitrogen and oxygen atoms in total. The molecule has 0 radical (unpaired) electrons. The maximum absolute atomic E-state index is 13.3. The molecule has 1 heterocycles. The van der Waals surface area contributed by atoms with Gasteiger partial charge in [0, 0.05) is 6.07 Å². The monoisotopic (exact) mass is 240 g/mol. The first-order chi connectivity index (χ1) is 8.09. The minimum Gasteiger partial charge on any atom is -0.508 e. The van der Waals surface area contributed by atoms with Crippen LogP contribution in [0.4, 0.5) is 4.39 Å². The van der Waals surface area contributed by atoms with Crippen LogP contribution >= 0.6 is 0 Å². The van der Waals surface area contributed by atoms with Crippen molar-refractivity contribution in [1.82, 2.24) is 0 Å².